The van der Waals surface area contributed by atoms with Gasteiger partial charge in [0.25, 0.3) is 0 Å². The average Bonchev–Trinajstić information content (AvgIpc) is 2.65. The van der Waals surface area contributed by atoms with E-state index < -0.39 is 23.2 Å². The van der Waals surface area contributed by atoms with Crippen molar-refractivity contribution in [2.75, 3.05) is 0 Å². The summed E-state index contributed by atoms with van der Waals surface area (Å²) in [5.41, 5.74) is 0.241. The van der Waals surface area contributed by atoms with E-state index in [1.807, 2.05) is 0 Å². The van der Waals surface area contributed by atoms with Crippen LogP contribution in [0.5, 0.6) is 0 Å². The van der Waals surface area contributed by atoms with Crippen molar-refractivity contribution in [3.8, 4) is 12.1 Å². The molecule has 2 rings (SSSR count). The standard InChI is InChI=1S/C18H11ClN4O2/c19-14-6-8-15(9-7-14)22-23-16(18(25)13(10-20)11-21)17(24)12-4-2-1-3-5-12/h1-9,13,24H/b17-16+,23-22?. The molecule has 0 aliphatic heterocycles. The van der Waals surface area contributed by atoms with E-state index in [-0.39, 0.29) is 0 Å². The van der Waals surface area contributed by atoms with Crippen molar-refractivity contribution in [2.24, 2.45) is 16.1 Å². The molecule has 0 aliphatic carbocycles. The fourth-order valence-electron chi connectivity index (χ4n) is 1.84. The number of ketones is 1. The number of nitrogens with zero attached hydrogens (tertiary/aromatic N) is 4. The number of hydrogen-bond acceptors (Lipinski definition) is 6. The van der Waals surface area contributed by atoms with E-state index in [1.54, 1.807) is 66.7 Å². The first-order valence-electron chi connectivity index (χ1n) is 7.06. The van der Waals surface area contributed by atoms with Crippen LogP contribution >= 0.6 is 11.6 Å². The van der Waals surface area contributed by atoms with Gasteiger partial charge in [-0.05, 0) is 24.3 Å². The SMILES string of the molecule is N#CC(C#N)C(=O)/C(N=Nc1ccc(Cl)cc1)=C(\O)c1ccccc1. The number of allylic oxidation sites excluding steroid dienone is 1. The van der Waals surface area contributed by atoms with Gasteiger partial charge in [0, 0.05) is 10.6 Å². The zero-order chi connectivity index (χ0) is 18.2. The largest absolute Gasteiger partial charge is 0.505 e. The second kappa shape index (κ2) is 8.39. The fraction of sp³-hybridized carbons (Fsp3) is 0.0556. The molecule has 2 aromatic rings. The summed E-state index contributed by atoms with van der Waals surface area (Å²) in [4.78, 5) is 12.4. The summed E-state index contributed by atoms with van der Waals surface area (Å²) in [5, 5.41) is 36.4. The molecule has 0 heterocycles. The highest BCUT2D eigenvalue weighted by atomic mass is 35.5. The summed E-state index contributed by atoms with van der Waals surface area (Å²) in [5.74, 6) is -2.98. The number of rotatable bonds is 5. The Hall–Kier alpha value is -3.48. The Morgan fingerprint density at radius 1 is 1.04 bits per heavy atom. The van der Waals surface area contributed by atoms with Crippen LogP contribution < -0.4 is 0 Å². The lowest BCUT2D eigenvalue weighted by Gasteiger charge is -2.05. The predicted molar refractivity (Wildman–Crippen MR) is 91.7 cm³/mol. The van der Waals surface area contributed by atoms with Crippen LogP contribution in [-0.2, 0) is 4.79 Å². The van der Waals surface area contributed by atoms with Crippen molar-refractivity contribution in [2.45, 2.75) is 0 Å². The second-order valence-electron chi connectivity index (χ2n) is 4.80. The normalized spacial score (nSPS) is 11.7. The molecule has 0 amide bonds. The molecule has 0 unspecified atom stereocenters. The van der Waals surface area contributed by atoms with E-state index in [0.717, 1.165) is 0 Å². The van der Waals surface area contributed by atoms with Crippen molar-refractivity contribution in [1.82, 2.24) is 0 Å². The summed E-state index contributed by atoms with van der Waals surface area (Å²) in [6, 6.07) is 17.6. The number of nitriles is 2. The minimum absolute atomic E-state index is 0.315. The minimum Gasteiger partial charge on any atom is -0.505 e. The fourth-order valence-corrected chi connectivity index (χ4v) is 1.97. The molecule has 1 N–H and O–H groups in total. The van der Waals surface area contributed by atoms with Gasteiger partial charge in [-0.2, -0.15) is 15.6 Å². The van der Waals surface area contributed by atoms with E-state index >= 15 is 0 Å². The summed E-state index contributed by atoms with van der Waals surface area (Å²) in [6.45, 7) is 0. The molecular weight excluding hydrogens is 340 g/mol. The van der Waals surface area contributed by atoms with Crippen molar-refractivity contribution >= 4 is 28.8 Å². The monoisotopic (exact) mass is 350 g/mol. The van der Waals surface area contributed by atoms with Gasteiger partial charge in [0.1, 0.15) is 0 Å². The van der Waals surface area contributed by atoms with E-state index in [2.05, 4.69) is 10.2 Å². The van der Waals surface area contributed by atoms with Crippen LogP contribution in [-0.4, -0.2) is 10.9 Å². The maximum Gasteiger partial charge on any atom is 0.218 e. The third kappa shape index (κ3) is 4.51. The number of carbonyl (C=O) groups is 1. The number of benzene rings is 2. The lowest BCUT2D eigenvalue weighted by molar-refractivity contribution is -0.116. The molecule has 0 saturated carbocycles. The van der Waals surface area contributed by atoms with E-state index in [0.29, 0.717) is 16.3 Å². The van der Waals surface area contributed by atoms with Crippen LogP contribution in [0.4, 0.5) is 5.69 Å². The van der Waals surface area contributed by atoms with Gasteiger partial charge < -0.3 is 5.11 Å². The number of halogens is 1. The minimum atomic E-state index is -1.59. The number of aliphatic hydroxyl groups excluding tert-OH is 1. The zero-order valence-corrected chi connectivity index (χ0v) is 13.6. The van der Waals surface area contributed by atoms with Gasteiger partial charge in [-0.25, -0.2) is 0 Å². The zero-order valence-electron chi connectivity index (χ0n) is 12.8. The smallest absolute Gasteiger partial charge is 0.218 e. The quantitative estimate of drug-likeness (QED) is 0.483. The van der Waals surface area contributed by atoms with Crippen LogP contribution in [0, 0.1) is 28.6 Å². The summed E-state index contributed by atoms with van der Waals surface area (Å²) in [7, 11) is 0. The maximum atomic E-state index is 12.4. The summed E-state index contributed by atoms with van der Waals surface area (Å²) < 4.78 is 0. The Labute approximate surface area is 148 Å². The number of carbonyl (C=O) groups excluding carboxylic acids is 1. The molecule has 7 heteroatoms. The first-order valence-corrected chi connectivity index (χ1v) is 7.44. The highest BCUT2D eigenvalue weighted by molar-refractivity contribution is 6.30. The third-order valence-corrected chi connectivity index (χ3v) is 3.37. The maximum absolute atomic E-state index is 12.4. The number of aliphatic hydroxyl groups is 1. The predicted octanol–water partition coefficient (Wildman–Crippen LogP) is 4.58. The van der Waals surface area contributed by atoms with Crippen LogP contribution in [0.15, 0.2) is 70.5 Å². The third-order valence-electron chi connectivity index (χ3n) is 3.12. The number of hydrogen-bond donors (Lipinski definition) is 1. The molecular formula is C18H11ClN4O2. The van der Waals surface area contributed by atoms with E-state index in [1.165, 1.54) is 0 Å². The van der Waals surface area contributed by atoms with Crippen LogP contribution in [0.2, 0.25) is 5.02 Å². The van der Waals surface area contributed by atoms with Gasteiger partial charge in [-0.15, -0.1) is 5.11 Å². The molecule has 0 atom stereocenters. The summed E-state index contributed by atoms with van der Waals surface area (Å²) >= 11 is 5.79. The molecule has 25 heavy (non-hydrogen) atoms. The molecule has 0 spiro atoms. The van der Waals surface area contributed by atoms with Crippen molar-refractivity contribution in [1.29, 1.82) is 10.5 Å². The topological polar surface area (TPSA) is 110 Å². The molecule has 0 radical (unpaired) electrons. The lowest BCUT2D eigenvalue weighted by Crippen LogP contribution is -2.13. The van der Waals surface area contributed by atoms with Crippen LogP contribution in [0.1, 0.15) is 5.56 Å². The number of azo groups is 1. The van der Waals surface area contributed by atoms with Gasteiger partial charge in [-0.3, -0.25) is 4.79 Å². The Morgan fingerprint density at radius 3 is 2.20 bits per heavy atom. The molecule has 0 fully saturated rings. The summed E-state index contributed by atoms with van der Waals surface area (Å²) in [6.07, 6.45) is 0. The van der Waals surface area contributed by atoms with Crippen LogP contribution in [0.3, 0.4) is 0 Å². The van der Waals surface area contributed by atoms with E-state index in [9.17, 15) is 9.90 Å². The van der Waals surface area contributed by atoms with Gasteiger partial charge in [0.05, 0.1) is 17.8 Å². The van der Waals surface area contributed by atoms with Gasteiger partial charge in [-0.1, -0.05) is 41.9 Å². The Morgan fingerprint density at radius 2 is 1.64 bits per heavy atom. The molecule has 0 saturated heterocycles. The Bertz CT molecular complexity index is 893. The molecule has 122 valence electrons. The van der Waals surface area contributed by atoms with Gasteiger partial charge >= 0.3 is 0 Å². The first-order chi connectivity index (χ1) is 12.1. The van der Waals surface area contributed by atoms with E-state index in [4.69, 9.17) is 22.1 Å². The number of Topliss-reactive ketones (excluding diaryl/α,β-unsaturated/α-hetero) is 1. The molecule has 2 aromatic carbocycles. The van der Waals surface area contributed by atoms with Crippen molar-refractivity contribution < 1.29 is 9.90 Å². The Balaban J connectivity index is 2.49. The molecule has 6 nitrogen and oxygen atoms in total. The second-order valence-corrected chi connectivity index (χ2v) is 5.23. The van der Waals surface area contributed by atoms with Crippen LogP contribution in [0.25, 0.3) is 5.76 Å². The highest BCUT2D eigenvalue weighted by Gasteiger charge is 2.25. The van der Waals surface area contributed by atoms with Crippen molar-refractivity contribution in [3.63, 3.8) is 0 Å². The highest BCUT2D eigenvalue weighted by Crippen LogP contribution is 2.23. The molecule has 0 aromatic heterocycles. The lowest BCUT2D eigenvalue weighted by atomic mass is 10.0. The first kappa shape index (κ1) is 17.9. The van der Waals surface area contributed by atoms with Crippen molar-refractivity contribution in [3.05, 3.63) is 70.9 Å². The Kier molecular flexibility index (Phi) is 6.00. The average molecular weight is 351 g/mol. The van der Waals surface area contributed by atoms with Gasteiger partial charge in [0.2, 0.25) is 5.78 Å². The van der Waals surface area contributed by atoms with Gasteiger partial charge in [0.15, 0.2) is 17.4 Å². The molecule has 0 bridgehead atoms. The molecule has 0 aliphatic rings.